The molecule has 0 atom stereocenters. The lowest BCUT2D eigenvalue weighted by atomic mass is 9.96. The maximum Gasteiger partial charge on any atom is 0.479 e. The lowest BCUT2D eigenvalue weighted by Gasteiger charge is -2.17. The summed E-state index contributed by atoms with van der Waals surface area (Å²) in [5.74, 6) is -0.184. The molecule has 0 aliphatic carbocycles. The smallest absolute Gasteiger partial charge is 0.169 e. The second-order valence-corrected chi connectivity index (χ2v) is 4.19. The molecule has 0 aromatic carbocycles. The van der Waals surface area contributed by atoms with Crippen molar-refractivity contribution in [1.82, 2.24) is 20.2 Å². The van der Waals surface area contributed by atoms with Crippen molar-refractivity contribution >= 4 is 0 Å². The van der Waals surface area contributed by atoms with Crippen LogP contribution in [-0.2, 0) is 11.5 Å². The number of hydrogen-bond acceptors (Lipinski definition) is 3. The number of hydrogen-bond donors (Lipinski definition) is 0. The van der Waals surface area contributed by atoms with Crippen molar-refractivity contribution in [3.8, 4) is 0 Å². The molecule has 0 radical (unpaired) electrons. The summed E-state index contributed by atoms with van der Waals surface area (Å²) in [5.41, 5.74) is -0.750. The topological polar surface area (TPSA) is 43.6 Å². The first-order valence-corrected chi connectivity index (χ1v) is 4.22. The van der Waals surface area contributed by atoms with Gasteiger partial charge in [0.25, 0.3) is 0 Å². The Balaban J connectivity index is 3.13. The molecule has 0 bridgehead atoms. The predicted octanol–water partition coefficient (Wildman–Crippen LogP) is 2.08. The Morgan fingerprint density at radius 3 is 1.81 bits per heavy atom. The van der Waals surface area contributed by atoms with E-state index in [0.29, 0.717) is 0 Å². The lowest BCUT2D eigenvalue weighted by molar-refractivity contribution is -0.333. The average Bonchev–Trinajstić information content (AvgIpc) is 2.47. The van der Waals surface area contributed by atoms with Crippen LogP contribution in [0.15, 0.2) is 0 Å². The van der Waals surface area contributed by atoms with E-state index >= 15 is 0 Å². The summed E-state index contributed by atoms with van der Waals surface area (Å²) in [6, 6.07) is -5.15. The zero-order valence-electron chi connectivity index (χ0n) is 8.68. The maximum absolute atomic E-state index is 12.7. The predicted molar refractivity (Wildman–Crippen MR) is 42.8 cm³/mol. The van der Waals surface area contributed by atoms with Crippen molar-refractivity contribution in [2.24, 2.45) is 0 Å². The molecule has 0 spiro atoms. The molecule has 16 heavy (non-hydrogen) atoms. The highest BCUT2D eigenvalue weighted by Crippen LogP contribution is 2.38. The molecule has 0 fully saturated rings. The first kappa shape index (κ1) is 12.8. The first-order valence-electron chi connectivity index (χ1n) is 4.22. The second kappa shape index (κ2) is 3.36. The number of rotatable bonds is 1. The molecule has 0 saturated carbocycles. The Morgan fingerprint density at radius 1 is 1.00 bits per heavy atom. The summed E-state index contributed by atoms with van der Waals surface area (Å²) >= 11 is 0. The molecule has 4 nitrogen and oxygen atoms in total. The fourth-order valence-electron chi connectivity index (χ4n) is 0.747. The van der Waals surface area contributed by atoms with E-state index in [1.54, 1.807) is 20.8 Å². The van der Waals surface area contributed by atoms with Gasteiger partial charge in [0.15, 0.2) is 5.82 Å². The Labute approximate surface area is 87.4 Å². The van der Waals surface area contributed by atoms with Gasteiger partial charge in [0, 0.05) is 5.41 Å². The van der Waals surface area contributed by atoms with E-state index in [9.17, 15) is 22.0 Å². The van der Waals surface area contributed by atoms with Crippen LogP contribution in [0.25, 0.3) is 0 Å². The van der Waals surface area contributed by atoms with Crippen LogP contribution in [0.5, 0.6) is 0 Å². The van der Waals surface area contributed by atoms with E-state index < -0.39 is 22.4 Å². The van der Waals surface area contributed by atoms with Crippen LogP contribution >= 0.6 is 0 Å². The van der Waals surface area contributed by atoms with Crippen molar-refractivity contribution in [3.63, 3.8) is 0 Å². The van der Waals surface area contributed by atoms with Gasteiger partial charge in [-0.3, -0.25) is 0 Å². The molecule has 0 amide bonds. The molecular formula is C7H9F5N4. The van der Waals surface area contributed by atoms with Crippen molar-refractivity contribution in [2.45, 2.75) is 38.4 Å². The van der Waals surface area contributed by atoms with E-state index in [1.165, 1.54) is 0 Å². The van der Waals surface area contributed by atoms with Gasteiger partial charge < -0.3 is 0 Å². The van der Waals surface area contributed by atoms with Crippen LogP contribution in [0, 0.1) is 0 Å². The SMILES string of the molecule is CC(C)(C)c1nnn(C(F)(F)C(F)(F)F)n1. The summed E-state index contributed by atoms with van der Waals surface area (Å²) in [6.07, 6.45) is -5.75. The average molecular weight is 244 g/mol. The van der Waals surface area contributed by atoms with Crippen LogP contribution in [0.3, 0.4) is 0 Å². The van der Waals surface area contributed by atoms with Crippen LogP contribution < -0.4 is 0 Å². The Hall–Kier alpha value is -1.28. The normalized spacial score (nSPS) is 14.2. The van der Waals surface area contributed by atoms with E-state index in [0.717, 1.165) is 0 Å². The first-order chi connectivity index (χ1) is 6.96. The summed E-state index contributed by atoms with van der Waals surface area (Å²) in [7, 11) is 0. The van der Waals surface area contributed by atoms with Crippen molar-refractivity contribution < 1.29 is 22.0 Å². The van der Waals surface area contributed by atoms with Gasteiger partial charge in [-0.1, -0.05) is 25.6 Å². The van der Waals surface area contributed by atoms with Gasteiger partial charge in [-0.25, -0.2) is 0 Å². The van der Waals surface area contributed by atoms with Gasteiger partial charge in [0.1, 0.15) is 0 Å². The third-order valence-corrected chi connectivity index (χ3v) is 1.68. The number of halogens is 5. The van der Waals surface area contributed by atoms with Gasteiger partial charge in [-0.15, -0.1) is 10.2 Å². The molecule has 0 aliphatic rings. The van der Waals surface area contributed by atoms with Gasteiger partial charge in [0.05, 0.1) is 0 Å². The van der Waals surface area contributed by atoms with Gasteiger partial charge in [-0.2, -0.15) is 22.0 Å². The number of alkyl halides is 5. The van der Waals surface area contributed by atoms with Gasteiger partial charge in [-0.05, 0) is 5.21 Å². The fourth-order valence-corrected chi connectivity index (χ4v) is 0.747. The molecule has 1 aromatic heterocycles. The van der Waals surface area contributed by atoms with E-state index in [2.05, 4.69) is 15.4 Å². The molecule has 0 N–H and O–H groups in total. The minimum atomic E-state index is -5.75. The number of aromatic nitrogens is 4. The lowest BCUT2D eigenvalue weighted by Crippen LogP contribution is -2.41. The van der Waals surface area contributed by atoms with E-state index in [4.69, 9.17) is 0 Å². The summed E-state index contributed by atoms with van der Waals surface area (Å²) < 4.78 is 61.3. The quantitative estimate of drug-likeness (QED) is 0.710. The molecular weight excluding hydrogens is 235 g/mol. The molecule has 1 aromatic rings. The molecule has 0 unspecified atom stereocenters. The maximum atomic E-state index is 12.7. The third kappa shape index (κ3) is 2.12. The largest absolute Gasteiger partial charge is 0.479 e. The summed E-state index contributed by atoms with van der Waals surface area (Å²) in [4.78, 5) is -0.715. The molecule has 92 valence electrons. The van der Waals surface area contributed by atoms with Crippen LogP contribution in [-0.4, -0.2) is 26.4 Å². The molecule has 9 heteroatoms. The highest BCUT2D eigenvalue weighted by molar-refractivity contribution is 4.96. The Morgan fingerprint density at radius 2 is 1.50 bits per heavy atom. The minimum Gasteiger partial charge on any atom is -0.169 e. The third-order valence-electron chi connectivity index (χ3n) is 1.68. The van der Waals surface area contributed by atoms with Crippen molar-refractivity contribution in [2.75, 3.05) is 0 Å². The fraction of sp³-hybridized carbons (Fsp3) is 0.857. The van der Waals surface area contributed by atoms with Crippen LogP contribution in [0.4, 0.5) is 22.0 Å². The molecule has 1 rings (SSSR count). The highest BCUT2D eigenvalue weighted by atomic mass is 19.4. The van der Waals surface area contributed by atoms with Crippen molar-refractivity contribution in [1.29, 1.82) is 0 Å². The van der Waals surface area contributed by atoms with Crippen molar-refractivity contribution in [3.05, 3.63) is 5.82 Å². The summed E-state index contributed by atoms with van der Waals surface area (Å²) in [5, 5.41) is 8.94. The second-order valence-electron chi connectivity index (χ2n) is 4.19. The number of tetrazole rings is 1. The number of nitrogens with zero attached hydrogens (tertiary/aromatic N) is 4. The highest BCUT2D eigenvalue weighted by Gasteiger charge is 2.61. The monoisotopic (exact) mass is 244 g/mol. The molecule has 1 heterocycles. The zero-order valence-corrected chi connectivity index (χ0v) is 8.68. The molecule has 0 saturated heterocycles. The standard InChI is InChI=1S/C7H9F5N4/c1-5(2,3)4-13-15-16(14-4)7(11,12)6(8,9)10/h1-3H3. The zero-order chi connectivity index (χ0) is 12.8. The van der Waals surface area contributed by atoms with E-state index in [1.807, 2.05) is 0 Å². The molecule has 0 aliphatic heterocycles. The summed E-state index contributed by atoms with van der Waals surface area (Å²) in [6.45, 7) is 4.71. The van der Waals surface area contributed by atoms with Gasteiger partial charge >= 0.3 is 12.2 Å². The van der Waals surface area contributed by atoms with Crippen LogP contribution in [0.1, 0.15) is 26.6 Å². The Bertz CT molecular complexity index is 375. The minimum absolute atomic E-state index is 0.184. The van der Waals surface area contributed by atoms with E-state index in [-0.39, 0.29) is 5.82 Å². The Kier molecular flexibility index (Phi) is 2.68. The van der Waals surface area contributed by atoms with Crippen LogP contribution in [0.2, 0.25) is 0 Å². The van der Waals surface area contributed by atoms with Gasteiger partial charge in [0.2, 0.25) is 0 Å².